The number of fused-ring (bicyclic) bond motifs is 1. The number of carbonyl (C=O) groups is 2. The Hall–Kier alpha value is -3.45. The maximum Gasteiger partial charge on any atom is 0.226 e. The van der Waals surface area contributed by atoms with Gasteiger partial charge in [0.2, 0.25) is 11.8 Å². The Morgan fingerprint density at radius 2 is 1.81 bits per heavy atom. The van der Waals surface area contributed by atoms with Gasteiger partial charge in [0.25, 0.3) is 0 Å². The van der Waals surface area contributed by atoms with E-state index < -0.39 is 6.04 Å². The van der Waals surface area contributed by atoms with Crippen LogP contribution in [0.3, 0.4) is 0 Å². The van der Waals surface area contributed by atoms with Gasteiger partial charge in [-0.05, 0) is 42.0 Å². The van der Waals surface area contributed by atoms with Crippen LogP contribution < -0.4 is 10.6 Å². The monoisotopic (exact) mass is 476 g/mol. The molecule has 0 saturated carbocycles. The van der Waals surface area contributed by atoms with Crippen molar-refractivity contribution in [2.24, 2.45) is 0 Å². The first-order valence-corrected chi connectivity index (χ1v) is 10.6. The first kappa shape index (κ1) is 20.8. The van der Waals surface area contributed by atoms with Crippen molar-refractivity contribution >= 4 is 44.5 Å². The molecule has 0 spiro atoms. The summed E-state index contributed by atoms with van der Waals surface area (Å²) in [6.07, 6.45) is 0.121. The van der Waals surface area contributed by atoms with Gasteiger partial charge in [-0.2, -0.15) is 0 Å². The van der Waals surface area contributed by atoms with Gasteiger partial charge in [-0.1, -0.05) is 52.3 Å². The third kappa shape index (κ3) is 5.19. The van der Waals surface area contributed by atoms with Gasteiger partial charge in [-0.15, -0.1) is 0 Å². The zero-order valence-corrected chi connectivity index (χ0v) is 18.4. The highest BCUT2D eigenvalue weighted by Crippen LogP contribution is 2.24. The van der Waals surface area contributed by atoms with Gasteiger partial charge in [-0.25, -0.2) is 4.98 Å². The molecule has 156 valence electrons. The lowest BCUT2D eigenvalue weighted by atomic mass is 10.0. The minimum Gasteiger partial charge on any atom is -0.349 e. The van der Waals surface area contributed by atoms with Gasteiger partial charge in [0.1, 0.15) is 5.82 Å². The Labute approximate surface area is 188 Å². The van der Waals surface area contributed by atoms with Gasteiger partial charge in [0, 0.05) is 22.6 Å². The number of carbonyl (C=O) groups excluding carboxylic acids is 2. The lowest BCUT2D eigenvalue weighted by Gasteiger charge is -2.18. The van der Waals surface area contributed by atoms with Crippen molar-refractivity contribution in [2.45, 2.75) is 19.4 Å². The van der Waals surface area contributed by atoms with Crippen LogP contribution in [-0.2, 0) is 9.59 Å². The summed E-state index contributed by atoms with van der Waals surface area (Å²) in [6.45, 7) is 1.45. The van der Waals surface area contributed by atoms with E-state index in [1.807, 2.05) is 72.8 Å². The molecule has 1 atom stereocenters. The molecule has 0 fully saturated rings. The average Bonchev–Trinajstić information content (AvgIpc) is 3.18. The molecule has 0 radical (unpaired) electrons. The van der Waals surface area contributed by atoms with Crippen LogP contribution in [0.25, 0.3) is 22.4 Å². The lowest BCUT2D eigenvalue weighted by molar-refractivity contribution is -0.120. The van der Waals surface area contributed by atoms with Crippen molar-refractivity contribution in [1.29, 1.82) is 0 Å². The molecule has 7 heteroatoms. The number of aromatic amines is 1. The molecule has 31 heavy (non-hydrogen) atoms. The fourth-order valence-corrected chi connectivity index (χ4v) is 3.69. The summed E-state index contributed by atoms with van der Waals surface area (Å²) in [7, 11) is 0. The normalized spacial score (nSPS) is 11.8. The molecule has 0 aliphatic heterocycles. The Balaban J connectivity index is 1.50. The molecule has 4 aromatic rings. The van der Waals surface area contributed by atoms with Gasteiger partial charge in [0.05, 0.1) is 23.5 Å². The molecule has 0 bridgehead atoms. The number of nitrogens with zero attached hydrogens (tertiary/aromatic N) is 1. The number of aromatic nitrogens is 2. The number of hydrogen-bond donors (Lipinski definition) is 3. The highest BCUT2D eigenvalue weighted by molar-refractivity contribution is 9.10. The molecule has 0 aliphatic carbocycles. The Bertz CT molecular complexity index is 1200. The number of H-pyrrole nitrogens is 1. The summed E-state index contributed by atoms with van der Waals surface area (Å²) < 4.78 is 0.935. The highest BCUT2D eigenvalue weighted by Gasteiger charge is 2.17. The van der Waals surface area contributed by atoms with E-state index in [0.717, 1.165) is 32.5 Å². The molecular weight excluding hydrogens is 456 g/mol. The summed E-state index contributed by atoms with van der Waals surface area (Å²) in [5.74, 6) is 0.360. The van der Waals surface area contributed by atoms with E-state index in [4.69, 9.17) is 0 Å². The SMILES string of the molecule is CC(=O)NC(CC(=O)Nc1cccc(-c2nc3ccccc3[nH]2)c1)c1ccc(Br)cc1. The summed E-state index contributed by atoms with van der Waals surface area (Å²) in [5.41, 5.74) is 4.25. The van der Waals surface area contributed by atoms with E-state index >= 15 is 0 Å². The van der Waals surface area contributed by atoms with E-state index in [0.29, 0.717) is 5.69 Å². The van der Waals surface area contributed by atoms with E-state index in [1.54, 1.807) is 0 Å². The van der Waals surface area contributed by atoms with Crippen LogP contribution in [0, 0.1) is 0 Å². The Kier molecular flexibility index (Phi) is 6.13. The molecule has 1 aromatic heterocycles. The molecular formula is C24H21BrN4O2. The second-order valence-corrected chi connectivity index (χ2v) is 8.16. The minimum absolute atomic E-state index is 0.121. The minimum atomic E-state index is -0.413. The Morgan fingerprint density at radius 1 is 1.03 bits per heavy atom. The Morgan fingerprint density at radius 3 is 2.55 bits per heavy atom. The molecule has 3 aromatic carbocycles. The first-order chi connectivity index (χ1) is 15.0. The number of anilines is 1. The van der Waals surface area contributed by atoms with Crippen molar-refractivity contribution in [1.82, 2.24) is 15.3 Å². The zero-order valence-electron chi connectivity index (χ0n) is 16.9. The number of benzene rings is 3. The van der Waals surface area contributed by atoms with Crippen LogP contribution in [0.1, 0.15) is 24.9 Å². The third-order valence-corrected chi connectivity index (χ3v) is 5.38. The van der Waals surface area contributed by atoms with Crippen LogP contribution in [0.2, 0.25) is 0 Å². The van der Waals surface area contributed by atoms with Crippen molar-refractivity contribution in [2.75, 3.05) is 5.32 Å². The zero-order chi connectivity index (χ0) is 21.8. The van der Waals surface area contributed by atoms with Crippen LogP contribution in [0.5, 0.6) is 0 Å². The third-order valence-electron chi connectivity index (χ3n) is 4.85. The summed E-state index contributed by atoms with van der Waals surface area (Å²) in [4.78, 5) is 32.3. The molecule has 1 unspecified atom stereocenters. The summed E-state index contributed by atoms with van der Waals surface area (Å²) >= 11 is 3.40. The maximum atomic E-state index is 12.7. The number of halogens is 1. The van der Waals surface area contributed by atoms with Gasteiger partial charge in [0.15, 0.2) is 0 Å². The van der Waals surface area contributed by atoms with Crippen LogP contribution in [-0.4, -0.2) is 21.8 Å². The number of imidazole rings is 1. The quantitative estimate of drug-likeness (QED) is 0.357. The number of amides is 2. The second-order valence-electron chi connectivity index (χ2n) is 7.24. The molecule has 3 N–H and O–H groups in total. The predicted molar refractivity (Wildman–Crippen MR) is 125 cm³/mol. The topological polar surface area (TPSA) is 86.9 Å². The number of hydrogen-bond acceptors (Lipinski definition) is 3. The molecule has 4 rings (SSSR count). The van der Waals surface area contributed by atoms with E-state index in [9.17, 15) is 9.59 Å². The summed E-state index contributed by atoms with van der Waals surface area (Å²) in [6, 6.07) is 22.5. The molecule has 1 heterocycles. The van der Waals surface area contributed by atoms with Crippen LogP contribution >= 0.6 is 15.9 Å². The maximum absolute atomic E-state index is 12.7. The number of para-hydroxylation sites is 2. The molecule has 2 amide bonds. The highest BCUT2D eigenvalue weighted by atomic mass is 79.9. The number of nitrogens with one attached hydrogen (secondary N) is 3. The van der Waals surface area contributed by atoms with E-state index in [2.05, 4.69) is 36.5 Å². The standard InChI is InChI=1S/C24H21BrN4O2/c1-15(30)26-22(16-9-11-18(25)12-10-16)14-23(31)27-19-6-4-5-17(13-19)24-28-20-7-2-3-8-21(20)29-24/h2-13,22H,14H2,1H3,(H,26,30)(H,27,31)(H,28,29). The lowest BCUT2D eigenvalue weighted by Crippen LogP contribution is -2.29. The number of rotatable bonds is 6. The van der Waals surface area contributed by atoms with Crippen molar-refractivity contribution < 1.29 is 9.59 Å². The van der Waals surface area contributed by atoms with E-state index in [-0.39, 0.29) is 18.2 Å². The average molecular weight is 477 g/mol. The fourth-order valence-electron chi connectivity index (χ4n) is 3.42. The smallest absolute Gasteiger partial charge is 0.226 e. The van der Waals surface area contributed by atoms with Crippen LogP contribution in [0.15, 0.2) is 77.3 Å². The summed E-state index contributed by atoms with van der Waals surface area (Å²) in [5, 5.41) is 5.78. The predicted octanol–water partition coefficient (Wildman–Crippen LogP) is 5.20. The van der Waals surface area contributed by atoms with Crippen molar-refractivity contribution in [3.63, 3.8) is 0 Å². The van der Waals surface area contributed by atoms with E-state index in [1.165, 1.54) is 6.92 Å². The van der Waals surface area contributed by atoms with Crippen molar-refractivity contribution in [3.8, 4) is 11.4 Å². The van der Waals surface area contributed by atoms with Gasteiger partial charge in [-0.3, -0.25) is 9.59 Å². The fraction of sp³-hybridized carbons (Fsp3) is 0.125. The second kappa shape index (κ2) is 9.14. The van der Waals surface area contributed by atoms with Gasteiger partial charge < -0.3 is 15.6 Å². The first-order valence-electron chi connectivity index (χ1n) is 9.85. The molecule has 0 saturated heterocycles. The van der Waals surface area contributed by atoms with Gasteiger partial charge >= 0.3 is 0 Å². The van der Waals surface area contributed by atoms with Crippen LogP contribution in [0.4, 0.5) is 5.69 Å². The van der Waals surface area contributed by atoms with Crippen molar-refractivity contribution in [3.05, 3.63) is 82.8 Å². The molecule has 6 nitrogen and oxygen atoms in total. The molecule has 0 aliphatic rings. The largest absolute Gasteiger partial charge is 0.349 e.